The monoisotopic (exact) mass is 498 g/mol. The van der Waals surface area contributed by atoms with Crippen molar-refractivity contribution in [3.8, 4) is 11.5 Å². The molecule has 1 atom stereocenters. The van der Waals surface area contributed by atoms with E-state index in [-0.39, 0.29) is 29.9 Å². The summed E-state index contributed by atoms with van der Waals surface area (Å²) < 4.78 is 45.5. The number of benzene rings is 2. The van der Waals surface area contributed by atoms with E-state index in [0.29, 0.717) is 28.5 Å². The molecule has 0 aliphatic carbocycles. The van der Waals surface area contributed by atoms with Crippen molar-refractivity contribution in [1.29, 1.82) is 0 Å². The molecule has 3 aromatic rings. The lowest BCUT2D eigenvalue weighted by molar-refractivity contribution is -0.121. The molecule has 1 N–H and O–H groups in total. The van der Waals surface area contributed by atoms with Gasteiger partial charge in [0.2, 0.25) is 21.8 Å². The van der Waals surface area contributed by atoms with Gasteiger partial charge >= 0.3 is 6.01 Å². The SMILES string of the molecule is O=C(Nc1nnc(-c2cc(Cl)cc(Cl)c2)o1)C1CCCN(S(=O)(=O)c2ccc(F)cc2)C1. The van der Waals surface area contributed by atoms with Crippen LogP contribution < -0.4 is 5.32 Å². The van der Waals surface area contributed by atoms with Crippen molar-refractivity contribution < 1.29 is 22.0 Å². The Labute approximate surface area is 193 Å². The van der Waals surface area contributed by atoms with Crippen molar-refractivity contribution in [1.82, 2.24) is 14.5 Å². The van der Waals surface area contributed by atoms with Crippen LogP contribution in [0.3, 0.4) is 0 Å². The third kappa shape index (κ3) is 4.93. The van der Waals surface area contributed by atoms with Gasteiger partial charge in [-0.1, -0.05) is 28.3 Å². The van der Waals surface area contributed by atoms with Crippen molar-refractivity contribution in [3.05, 3.63) is 58.3 Å². The van der Waals surface area contributed by atoms with E-state index in [2.05, 4.69) is 15.5 Å². The smallest absolute Gasteiger partial charge is 0.322 e. The van der Waals surface area contributed by atoms with E-state index in [9.17, 15) is 17.6 Å². The van der Waals surface area contributed by atoms with Crippen LogP contribution in [0.5, 0.6) is 0 Å². The van der Waals surface area contributed by atoms with Gasteiger partial charge < -0.3 is 4.42 Å². The maximum Gasteiger partial charge on any atom is 0.322 e. The van der Waals surface area contributed by atoms with Gasteiger partial charge in [-0.2, -0.15) is 4.31 Å². The molecule has 1 saturated heterocycles. The topological polar surface area (TPSA) is 105 Å². The highest BCUT2D eigenvalue weighted by Crippen LogP contribution is 2.28. The number of rotatable bonds is 5. The number of anilines is 1. The molecule has 168 valence electrons. The summed E-state index contributed by atoms with van der Waals surface area (Å²) in [6.45, 7) is 0.250. The molecule has 0 spiro atoms. The second-order valence-corrected chi connectivity index (χ2v) is 10.0. The first-order valence-corrected chi connectivity index (χ1v) is 11.8. The normalized spacial score (nSPS) is 17.3. The molecule has 1 fully saturated rings. The number of sulfonamides is 1. The fraction of sp³-hybridized carbons (Fsp3) is 0.250. The van der Waals surface area contributed by atoms with Crippen molar-refractivity contribution in [2.45, 2.75) is 17.7 Å². The van der Waals surface area contributed by atoms with Crippen LogP contribution in [-0.2, 0) is 14.8 Å². The highest BCUT2D eigenvalue weighted by molar-refractivity contribution is 7.89. The number of nitrogens with zero attached hydrogens (tertiary/aromatic N) is 3. The number of piperidine rings is 1. The molecule has 1 aliphatic heterocycles. The molecular weight excluding hydrogens is 482 g/mol. The second-order valence-electron chi connectivity index (χ2n) is 7.22. The summed E-state index contributed by atoms with van der Waals surface area (Å²) in [4.78, 5) is 12.7. The van der Waals surface area contributed by atoms with Gasteiger partial charge in [0.05, 0.1) is 10.8 Å². The Morgan fingerprint density at radius 1 is 1.12 bits per heavy atom. The van der Waals surface area contributed by atoms with Crippen LogP contribution in [0.15, 0.2) is 51.8 Å². The molecule has 1 aliphatic rings. The summed E-state index contributed by atoms with van der Waals surface area (Å²) >= 11 is 12.0. The van der Waals surface area contributed by atoms with Gasteiger partial charge in [-0.05, 0) is 55.3 Å². The number of nitrogens with one attached hydrogen (secondary N) is 1. The van der Waals surface area contributed by atoms with Crippen LogP contribution in [0, 0.1) is 11.7 Å². The molecule has 1 aromatic heterocycles. The van der Waals surface area contributed by atoms with Gasteiger partial charge in [0.1, 0.15) is 5.82 Å². The first kappa shape index (κ1) is 22.7. The fourth-order valence-electron chi connectivity index (χ4n) is 3.41. The van der Waals surface area contributed by atoms with Crippen LogP contribution in [0.2, 0.25) is 10.0 Å². The second kappa shape index (κ2) is 9.14. The van der Waals surface area contributed by atoms with Gasteiger partial charge in [-0.3, -0.25) is 10.1 Å². The fourth-order valence-corrected chi connectivity index (χ4v) is 5.46. The lowest BCUT2D eigenvalue weighted by atomic mass is 9.99. The van der Waals surface area contributed by atoms with Crippen LogP contribution in [0.25, 0.3) is 11.5 Å². The van der Waals surface area contributed by atoms with Crippen molar-refractivity contribution >= 4 is 45.1 Å². The molecule has 2 aromatic carbocycles. The molecular formula is C20H17Cl2FN4O4S. The van der Waals surface area contributed by atoms with E-state index in [1.165, 1.54) is 16.4 Å². The Morgan fingerprint density at radius 3 is 2.50 bits per heavy atom. The maximum absolute atomic E-state index is 13.1. The minimum absolute atomic E-state index is 0.0174. The predicted octanol–water partition coefficient (Wildman–Crippen LogP) is 4.22. The van der Waals surface area contributed by atoms with Crippen LogP contribution in [0.4, 0.5) is 10.4 Å². The van der Waals surface area contributed by atoms with Crippen LogP contribution >= 0.6 is 23.2 Å². The number of carbonyl (C=O) groups is 1. The lowest BCUT2D eigenvalue weighted by Gasteiger charge is -2.30. The van der Waals surface area contributed by atoms with Crippen molar-refractivity contribution in [3.63, 3.8) is 0 Å². The summed E-state index contributed by atoms with van der Waals surface area (Å²) in [5.41, 5.74) is 0.490. The van der Waals surface area contributed by atoms with Crippen molar-refractivity contribution in [2.75, 3.05) is 18.4 Å². The van der Waals surface area contributed by atoms with Crippen molar-refractivity contribution in [2.24, 2.45) is 5.92 Å². The summed E-state index contributed by atoms with van der Waals surface area (Å²) in [6.07, 6.45) is 0.987. The number of aromatic nitrogens is 2. The number of hydrogen-bond acceptors (Lipinski definition) is 6. The molecule has 0 bridgehead atoms. The maximum atomic E-state index is 13.1. The Balaban J connectivity index is 1.45. The zero-order chi connectivity index (χ0) is 22.9. The highest BCUT2D eigenvalue weighted by Gasteiger charge is 2.34. The zero-order valence-corrected chi connectivity index (χ0v) is 18.8. The van der Waals surface area contributed by atoms with Gasteiger partial charge in [0.25, 0.3) is 0 Å². The summed E-state index contributed by atoms with van der Waals surface area (Å²) in [5, 5.41) is 11.0. The largest absolute Gasteiger partial charge is 0.403 e. The van der Waals surface area contributed by atoms with E-state index in [1.807, 2.05) is 0 Å². The third-order valence-electron chi connectivity index (χ3n) is 4.97. The lowest BCUT2D eigenvalue weighted by Crippen LogP contribution is -2.43. The van der Waals surface area contributed by atoms with E-state index < -0.39 is 27.7 Å². The first-order valence-electron chi connectivity index (χ1n) is 9.59. The van der Waals surface area contributed by atoms with Crippen LogP contribution in [0.1, 0.15) is 12.8 Å². The number of hydrogen-bond donors (Lipinski definition) is 1. The number of carbonyl (C=O) groups excluding carboxylic acids is 1. The van der Waals surface area contributed by atoms with E-state index in [4.69, 9.17) is 27.6 Å². The molecule has 4 rings (SSSR count). The standard InChI is InChI=1S/C20H17Cl2FN4O4S/c21-14-8-13(9-15(22)10-14)19-25-26-20(31-19)24-18(28)12-2-1-7-27(11-12)32(29,30)17-5-3-16(23)4-6-17/h3-6,8-10,12H,1-2,7,11H2,(H,24,26,28). The molecule has 2 heterocycles. The van der Waals surface area contributed by atoms with E-state index in [1.54, 1.807) is 18.2 Å². The average Bonchev–Trinajstić information content (AvgIpc) is 3.22. The number of halogens is 3. The minimum atomic E-state index is -3.85. The summed E-state index contributed by atoms with van der Waals surface area (Å²) in [5.74, 6) is -1.47. The summed E-state index contributed by atoms with van der Waals surface area (Å²) in [6, 6.07) is 9.19. The van der Waals surface area contributed by atoms with Crippen LogP contribution in [-0.4, -0.2) is 41.9 Å². The van der Waals surface area contributed by atoms with Gasteiger partial charge in [0, 0.05) is 28.7 Å². The average molecular weight is 499 g/mol. The molecule has 0 radical (unpaired) electrons. The predicted molar refractivity (Wildman–Crippen MR) is 116 cm³/mol. The first-order chi connectivity index (χ1) is 15.2. The Bertz CT molecular complexity index is 1230. The molecule has 1 amide bonds. The molecule has 32 heavy (non-hydrogen) atoms. The quantitative estimate of drug-likeness (QED) is 0.564. The Morgan fingerprint density at radius 2 is 1.81 bits per heavy atom. The highest BCUT2D eigenvalue weighted by atomic mass is 35.5. The number of amides is 1. The Kier molecular flexibility index (Phi) is 6.47. The van der Waals surface area contributed by atoms with Gasteiger partial charge in [-0.15, -0.1) is 5.10 Å². The Hall–Kier alpha value is -2.53. The molecule has 0 saturated carbocycles. The zero-order valence-electron chi connectivity index (χ0n) is 16.5. The van der Waals surface area contributed by atoms with Gasteiger partial charge in [-0.25, -0.2) is 12.8 Å². The third-order valence-corrected chi connectivity index (χ3v) is 7.29. The van der Waals surface area contributed by atoms with Gasteiger partial charge in [0.15, 0.2) is 0 Å². The van der Waals surface area contributed by atoms with E-state index in [0.717, 1.165) is 12.1 Å². The molecule has 8 nitrogen and oxygen atoms in total. The summed E-state index contributed by atoms with van der Waals surface area (Å²) in [7, 11) is -3.85. The van der Waals surface area contributed by atoms with E-state index >= 15 is 0 Å². The molecule has 1 unspecified atom stereocenters. The minimum Gasteiger partial charge on any atom is -0.403 e. The molecule has 12 heteroatoms.